The molecule has 1 aromatic carbocycles. The number of carbonyl (C=O) groups is 2. The molecule has 0 aliphatic heterocycles. The molecule has 2 saturated carbocycles. The van der Waals surface area contributed by atoms with Crippen LogP contribution in [-0.2, 0) is 10.4 Å². The molecular weight excluding hydrogens is 376 g/mol. The first-order chi connectivity index (χ1) is 14.2. The number of carboxylic acid groups (broad SMARTS) is 1. The summed E-state index contributed by atoms with van der Waals surface area (Å²) in [4.78, 5) is 23.2. The summed E-state index contributed by atoms with van der Waals surface area (Å²) < 4.78 is 0. The van der Waals surface area contributed by atoms with Crippen LogP contribution < -0.4 is 0 Å². The summed E-state index contributed by atoms with van der Waals surface area (Å²) in [6.45, 7) is 4.57. The molecule has 5 rings (SSSR count). The molecule has 0 amide bonds. The van der Waals surface area contributed by atoms with Crippen molar-refractivity contribution in [2.24, 2.45) is 28.6 Å². The molecule has 2 N–H and O–H groups in total. The number of carbonyl (C=O) groups excluding carboxylic acids is 1. The third-order valence-electron chi connectivity index (χ3n) is 9.28. The minimum absolute atomic E-state index is 0.0541. The maximum absolute atomic E-state index is 12.0. The molecule has 30 heavy (non-hydrogen) atoms. The largest absolute Gasteiger partial charge is 0.478 e. The zero-order valence-corrected chi connectivity index (χ0v) is 17.7. The van der Waals surface area contributed by atoms with E-state index in [4.69, 9.17) is 0 Å². The predicted octanol–water partition coefficient (Wildman–Crippen LogP) is 4.88. The molecule has 4 heteroatoms. The summed E-state index contributed by atoms with van der Waals surface area (Å²) in [6, 6.07) is 6.81. The number of aliphatic hydroxyl groups is 1. The molecular formula is C26H30O4. The Labute approximate surface area is 177 Å². The number of fused-ring (bicyclic) bond motifs is 5. The maximum Gasteiger partial charge on any atom is 0.335 e. The van der Waals surface area contributed by atoms with Crippen LogP contribution in [0.2, 0.25) is 0 Å². The average Bonchev–Trinajstić information content (AvgIpc) is 3.01. The fourth-order valence-corrected chi connectivity index (χ4v) is 7.38. The first kappa shape index (κ1) is 19.7. The van der Waals surface area contributed by atoms with Gasteiger partial charge in [-0.3, -0.25) is 4.79 Å². The van der Waals surface area contributed by atoms with Gasteiger partial charge in [0.25, 0.3) is 0 Å². The lowest BCUT2D eigenvalue weighted by molar-refractivity contribution is -0.122. The van der Waals surface area contributed by atoms with Crippen LogP contribution in [0.4, 0.5) is 0 Å². The highest BCUT2D eigenvalue weighted by molar-refractivity contribution is 5.92. The quantitative estimate of drug-likeness (QED) is 0.734. The van der Waals surface area contributed by atoms with Crippen molar-refractivity contribution >= 4 is 11.8 Å². The number of rotatable bonds is 2. The summed E-state index contributed by atoms with van der Waals surface area (Å²) in [5, 5.41) is 21.2. The lowest BCUT2D eigenvalue weighted by Gasteiger charge is -2.57. The SMILES string of the molecule is C[C@]12CCC(=O)C=C1C=C[C@@H]1[C@@H]2CC[C@@]2(C)[C@H]1CCC2(O)c1ccc(C(=O)O)cc1. The lowest BCUT2D eigenvalue weighted by atomic mass is 9.48. The zero-order chi connectivity index (χ0) is 21.3. The van der Waals surface area contributed by atoms with Gasteiger partial charge in [0.15, 0.2) is 5.78 Å². The number of hydrogen-bond donors (Lipinski definition) is 2. The number of carboxylic acids is 1. The van der Waals surface area contributed by atoms with Crippen molar-refractivity contribution in [1.82, 2.24) is 0 Å². The van der Waals surface area contributed by atoms with E-state index in [0.29, 0.717) is 30.6 Å². The first-order valence-corrected chi connectivity index (χ1v) is 11.2. The second-order valence-electron chi connectivity index (χ2n) is 10.4. The Morgan fingerprint density at radius 1 is 1.03 bits per heavy atom. The number of aromatic carboxylic acids is 1. The fraction of sp³-hybridized carbons (Fsp3) is 0.538. The van der Waals surface area contributed by atoms with Crippen molar-refractivity contribution in [3.63, 3.8) is 0 Å². The standard InChI is InChI=1S/C26H30O4/c1-24-12-9-19(27)15-18(24)7-8-20-21(24)10-13-25(2)22(20)11-14-26(25,30)17-5-3-16(4-6-17)23(28)29/h3-8,15,20-22,30H,9-14H2,1-2H3,(H,28,29)/t20-,21+,22+,24+,25+,26?/m1/s1. The van der Waals surface area contributed by atoms with Gasteiger partial charge in [-0.2, -0.15) is 0 Å². The van der Waals surface area contributed by atoms with E-state index in [1.165, 1.54) is 5.57 Å². The Morgan fingerprint density at radius 3 is 2.43 bits per heavy atom. The van der Waals surface area contributed by atoms with E-state index in [1.54, 1.807) is 24.3 Å². The van der Waals surface area contributed by atoms with E-state index in [0.717, 1.165) is 31.2 Å². The average molecular weight is 407 g/mol. The maximum atomic E-state index is 12.0. The van der Waals surface area contributed by atoms with Gasteiger partial charge in [-0.15, -0.1) is 0 Å². The molecule has 0 heterocycles. The molecule has 4 nitrogen and oxygen atoms in total. The van der Waals surface area contributed by atoms with Crippen molar-refractivity contribution in [3.05, 3.63) is 59.2 Å². The highest BCUT2D eigenvalue weighted by Crippen LogP contribution is 2.68. The van der Waals surface area contributed by atoms with Crippen molar-refractivity contribution in [2.45, 2.75) is 58.0 Å². The smallest absolute Gasteiger partial charge is 0.335 e. The van der Waals surface area contributed by atoms with Gasteiger partial charge < -0.3 is 10.2 Å². The summed E-state index contributed by atoms with van der Waals surface area (Å²) in [5.74, 6) is 0.599. The van der Waals surface area contributed by atoms with Crippen molar-refractivity contribution < 1.29 is 19.8 Å². The molecule has 4 aliphatic rings. The third kappa shape index (κ3) is 2.49. The van der Waals surface area contributed by atoms with E-state index in [1.807, 2.05) is 6.08 Å². The third-order valence-corrected chi connectivity index (χ3v) is 9.28. The Bertz CT molecular complexity index is 973. The number of allylic oxidation sites excluding steroid dienone is 4. The molecule has 2 fully saturated rings. The van der Waals surface area contributed by atoms with Crippen molar-refractivity contribution in [3.8, 4) is 0 Å². The van der Waals surface area contributed by atoms with Crippen LogP contribution in [0.25, 0.3) is 0 Å². The van der Waals surface area contributed by atoms with Crippen LogP contribution in [0.15, 0.2) is 48.1 Å². The van der Waals surface area contributed by atoms with E-state index in [9.17, 15) is 19.8 Å². The minimum atomic E-state index is -0.944. The molecule has 1 aromatic rings. The van der Waals surface area contributed by atoms with Gasteiger partial charge in [0.05, 0.1) is 11.2 Å². The van der Waals surface area contributed by atoms with Crippen LogP contribution in [0.5, 0.6) is 0 Å². The molecule has 1 unspecified atom stereocenters. The van der Waals surface area contributed by atoms with Gasteiger partial charge in [-0.05, 0) is 84.6 Å². The predicted molar refractivity (Wildman–Crippen MR) is 114 cm³/mol. The van der Waals surface area contributed by atoms with Crippen LogP contribution in [0, 0.1) is 28.6 Å². The zero-order valence-electron chi connectivity index (χ0n) is 17.7. The Hall–Kier alpha value is -2.20. The van der Waals surface area contributed by atoms with Gasteiger partial charge >= 0.3 is 5.97 Å². The number of benzene rings is 1. The van der Waals surface area contributed by atoms with Crippen LogP contribution in [0.1, 0.15) is 68.3 Å². The van der Waals surface area contributed by atoms with Gasteiger partial charge in [-0.25, -0.2) is 4.79 Å². The van der Waals surface area contributed by atoms with Gasteiger partial charge in [-0.1, -0.05) is 38.1 Å². The number of hydrogen-bond acceptors (Lipinski definition) is 3. The van der Waals surface area contributed by atoms with Gasteiger partial charge in [0.1, 0.15) is 0 Å². The molecule has 0 bridgehead atoms. The summed E-state index contributed by atoms with van der Waals surface area (Å²) in [5.41, 5.74) is 1.16. The number of ketones is 1. The Kier molecular flexibility index (Phi) is 4.21. The summed E-state index contributed by atoms with van der Waals surface area (Å²) in [7, 11) is 0. The van der Waals surface area contributed by atoms with E-state index >= 15 is 0 Å². The lowest BCUT2D eigenvalue weighted by Crippen LogP contribution is -2.52. The van der Waals surface area contributed by atoms with E-state index in [2.05, 4.69) is 26.0 Å². The second-order valence-corrected chi connectivity index (χ2v) is 10.4. The minimum Gasteiger partial charge on any atom is -0.478 e. The highest BCUT2D eigenvalue weighted by Gasteiger charge is 2.63. The molecule has 0 aromatic heterocycles. The first-order valence-electron chi connectivity index (χ1n) is 11.2. The van der Waals surface area contributed by atoms with E-state index < -0.39 is 11.6 Å². The van der Waals surface area contributed by atoms with Crippen LogP contribution >= 0.6 is 0 Å². The Balaban J connectivity index is 1.51. The summed E-state index contributed by atoms with van der Waals surface area (Å²) in [6.07, 6.45) is 11.6. The molecule has 158 valence electrons. The topological polar surface area (TPSA) is 74.6 Å². The van der Waals surface area contributed by atoms with Crippen LogP contribution in [0.3, 0.4) is 0 Å². The van der Waals surface area contributed by atoms with Gasteiger partial charge in [0, 0.05) is 11.8 Å². The Morgan fingerprint density at radius 2 is 1.73 bits per heavy atom. The molecule has 0 spiro atoms. The molecule has 6 atom stereocenters. The molecule has 4 aliphatic carbocycles. The van der Waals surface area contributed by atoms with Crippen molar-refractivity contribution in [1.29, 1.82) is 0 Å². The summed E-state index contributed by atoms with van der Waals surface area (Å²) >= 11 is 0. The van der Waals surface area contributed by atoms with Crippen LogP contribution in [-0.4, -0.2) is 22.0 Å². The second kappa shape index (κ2) is 6.40. The van der Waals surface area contributed by atoms with E-state index in [-0.39, 0.29) is 22.2 Å². The van der Waals surface area contributed by atoms with Gasteiger partial charge in [0.2, 0.25) is 0 Å². The van der Waals surface area contributed by atoms with Crippen molar-refractivity contribution in [2.75, 3.05) is 0 Å². The molecule has 0 radical (unpaired) electrons. The fourth-order valence-electron chi connectivity index (χ4n) is 7.38. The highest BCUT2D eigenvalue weighted by atomic mass is 16.4. The molecule has 0 saturated heterocycles. The normalized spacial score (nSPS) is 42.2. The monoisotopic (exact) mass is 406 g/mol.